The van der Waals surface area contributed by atoms with Gasteiger partial charge in [-0.2, -0.15) is 4.98 Å². The molecule has 0 radical (unpaired) electrons. The normalized spacial score (nSPS) is 12.2. The van der Waals surface area contributed by atoms with E-state index in [1.807, 2.05) is 0 Å². The van der Waals surface area contributed by atoms with Crippen LogP contribution >= 0.6 is 11.6 Å². The van der Waals surface area contributed by atoms with E-state index >= 15 is 0 Å². The van der Waals surface area contributed by atoms with E-state index < -0.39 is 17.4 Å². The lowest BCUT2D eigenvalue weighted by molar-refractivity contribution is 0.0646. The third-order valence-electron chi connectivity index (χ3n) is 4.64. The van der Waals surface area contributed by atoms with Gasteiger partial charge in [0.1, 0.15) is 11.6 Å². The van der Waals surface area contributed by atoms with Crippen LogP contribution in [0.3, 0.4) is 0 Å². The molecule has 1 atom stereocenters. The smallest absolute Gasteiger partial charge is 0.332 e. The van der Waals surface area contributed by atoms with Gasteiger partial charge in [-0.1, -0.05) is 17.7 Å². The van der Waals surface area contributed by atoms with Gasteiger partial charge in [0, 0.05) is 23.0 Å². The Hall–Kier alpha value is -3.23. The molecule has 0 fully saturated rings. The van der Waals surface area contributed by atoms with Gasteiger partial charge in [0.05, 0.1) is 17.3 Å². The Balaban J connectivity index is 1.96. The largest absolute Gasteiger partial charge is 0.388 e. The number of nitrogens with zero attached hydrogens (tertiary/aromatic N) is 3. The molecule has 0 unspecified atom stereocenters. The molecule has 3 rings (SSSR count). The fraction of sp³-hybridized carbons (Fsp3) is 0.227. The molecule has 0 aliphatic heterocycles. The van der Waals surface area contributed by atoms with Gasteiger partial charge in [0.15, 0.2) is 0 Å². The third-order valence-corrected chi connectivity index (χ3v) is 4.87. The topological polar surface area (TPSA) is 90.4 Å². The van der Waals surface area contributed by atoms with Crippen LogP contribution in [0.15, 0.2) is 60.8 Å². The van der Waals surface area contributed by atoms with Crippen molar-refractivity contribution in [2.45, 2.75) is 32.4 Å². The fourth-order valence-corrected chi connectivity index (χ4v) is 2.79. The first-order chi connectivity index (χ1) is 14.6. The van der Waals surface area contributed by atoms with Crippen molar-refractivity contribution < 1.29 is 14.3 Å². The highest BCUT2D eigenvalue weighted by Crippen LogP contribution is 2.27. The summed E-state index contributed by atoms with van der Waals surface area (Å²) in [7, 11) is 0. The third kappa shape index (κ3) is 5.90. The monoisotopic (exact) mass is 443 g/mol. The quantitative estimate of drug-likeness (QED) is 0.486. The van der Waals surface area contributed by atoms with Crippen LogP contribution < -0.4 is 15.5 Å². The zero-order valence-corrected chi connectivity index (χ0v) is 18.1. The number of rotatable bonds is 6. The van der Waals surface area contributed by atoms with Crippen LogP contribution in [-0.4, -0.2) is 32.7 Å². The number of urea groups is 1. The van der Waals surface area contributed by atoms with Gasteiger partial charge in [0.2, 0.25) is 5.95 Å². The summed E-state index contributed by atoms with van der Waals surface area (Å²) in [4.78, 5) is 23.0. The molecule has 1 heterocycles. The molecule has 9 heteroatoms. The SMILES string of the molecule is C[C@H](Nc1nccc(N(C(=O)Nc2cccc(Cl)c2)c2ccc(F)cc2)n1)C(C)(C)O. The van der Waals surface area contributed by atoms with Crippen LogP contribution in [0, 0.1) is 5.82 Å². The van der Waals surface area contributed by atoms with Crippen molar-refractivity contribution in [3.05, 3.63) is 71.6 Å². The van der Waals surface area contributed by atoms with Gasteiger partial charge in [-0.15, -0.1) is 0 Å². The molecule has 0 saturated carbocycles. The number of carbonyl (C=O) groups excluding carboxylic acids is 1. The summed E-state index contributed by atoms with van der Waals surface area (Å²) in [6.45, 7) is 5.12. The predicted molar refractivity (Wildman–Crippen MR) is 120 cm³/mol. The molecule has 0 spiro atoms. The second-order valence-corrected chi connectivity index (χ2v) is 7.95. The Morgan fingerprint density at radius 1 is 1.19 bits per heavy atom. The average molecular weight is 444 g/mol. The van der Waals surface area contributed by atoms with Crippen molar-refractivity contribution in [3.8, 4) is 0 Å². The highest BCUT2D eigenvalue weighted by molar-refractivity contribution is 6.31. The van der Waals surface area contributed by atoms with Crippen LogP contribution in [0.1, 0.15) is 20.8 Å². The van der Waals surface area contributed by atoms with Gasteiger partial charge >= 0.3 is 6.03 Å². The van der Waals surface area contributed by atoms with E-state index in [4.69, 9.17) is 11.6 Å². The first-order valence-electron chi connectivity index (χ1n) is 9.57. The number of amides is 2. The standard InChI is InChI=1S/C22H23ClFN5O2/c1-14(22(2,3)31)26-20-25-12-11-19(28-20)29(18-9-7-16(24)8-10-18)21(30)27-17-6-4-5-15(23)13-17/h4-14,31H,1-3H3,(H,27,30)(H,25,26,28)/t14-/m0/s1. The second-order valence-electron chi connectivity index (χ2n) is 7.51. The lowest BCUT2D eigenvalue weighted by atomic mass is 10.0. The van der Waals surface area contributed by atoms with E-state index in [0.29, 0.717) is 16.4 Å². The summed E-state index contributed by atoms with van der Waals surface area (Å²) in [5.41, 5.74) is -0.117. The lowest BCUT2D eigenvalue weighted by Crippen LogP contribution is -2.40. The maximum Gasteiger partial charge on any atom is 0.332 e. The first kappa shape index (κ1) is 22.5. The van der Waals surface area contributed by atoms with E-state index in [9.17, 15) is 14.3 Å². The Kier molecular flexibility index (Phi) is 6.72. The Labute approximate surface area is 184 Å². The fourth-order valence-electron chi connectivity index (χ4n) is 2.60. The number of anilines is 4. The molecular weight excluding hydrogens is 421 g/mol. The molecule has 0 aliphatic rings. The average Bonchev–Trinajstić information content (AvgIpc) is 2.69. The first-order valence-corrected chi connectivity index (χ1v) is 9.95. The number of aliphatic hydroxyl groups is 1. The Bertz CT molecular complexity index is 1060. The van der Waals surface area contributed by atoms with E-state index in [1.165, 1.54) is 35.4 Å². The van der Waals surface area contributed by atoms with Gasteiger partial charge in [-0.3, -0.25) is 0 Å². The second kappa shape index (κ2) is 9.28. The van der Waals surface area contributed by atoms with Crippen molar-refractivity contribution in [2.75, 3.05) is 15.5 Å². The maximum absolute atomic E-state index is 13.5. The summed E-state index contributed by atoms with van der Waals surface area (Å²) < 4.78 is 13.5. The van der Waals surface area contributed by atoms with Crippen LogP contribution in [0.4, 0.5) is 32.3 Å². The van der Waals surface area contributed by atoms with E-state index in [0.717, 1.165) is 0 Å². The zero-order chi connectivity index (χ0) is 22.6. The highest BCUT2D eigenvalue weighted by Gasteiger charge is 2.24. The minimum absolute atomic E-state index is 0.231. The summed E-state index contributed by atoms with van der Waals surface area (Å²) in [6.07, 6.45) is 1.49. The van der Waals surface area contributed by atoms with Gasteiger partial charge in [0.25, 0.3) is 0 Å². The zero-order valence-electron chi connectivity index (χ0n) is 17.3. The molecule has 0 aliphatic carbocycles. The number of benzene rings is 2. The molecular formula is C22H23ClFN5O2. The molecule has 31 heavy (non-hydrogen) atoms. The predicted octanol–water partition coefficient (Wildman–Crippen LogP) is 5.21. The molecule has 3 aromatic rings. The Morgan fingerprint density at radius 2 is 1.90 bits per heavy atom. The van der Waals surface area contributed by atoms with Crippen molar-refractivity contribution in [1.82, 2.24) is 9.97 Å². The van der Waals surface area contributed by atoms with E-state index in [1.54, 1.807) is 51.1 Å². The minimum Gasteiger partial charge on any atom is -0.388 e. The van der Waals surface area contributed by atoms with Gasteiger partial charge in [-0.05, 0) is 63.2 Å². The summed E-state index contributed by atoms with van der Waals surface area (Å²) in [5.74, 6) is 0.0596. The summed E-state index contributed by atoms with van der Waals surface area (Å²) >= 11 is 6.01. The molecule has 0 saturated heterocycles. The van der Waals surface area contributed by atoms with Crippen molar-refractivity contribution in [2.24, 2.45) is 0 Å². The van der Waals surface area contributed by atoms with E-state index in [-0.39, 0.29) is 17.8 Å². The minimum atomic E-state index is -1.01. The number of hydrogen-bond acceptors (Lipinski definition) is 5. The van der Waals surface area contributed by atoms with Gasteiger partial charge in [-0.25, -0.2) is 19.1 Å². The number of hydrogen-bond donors (Lipinski definition) is 3. The molecule has 7 nitrogen and oxygen atoms in total. The van der Waals surface area contributed by atoms with Crippen LogP contribution in [0.2, 0.25) is 5.02 Å². The van der Waals surface area contributed by atoms with Crippen LogP contribution in [-0.2, 0) is 0 Å². The molecule has 2 aromatic carbocycles. The molecule has 0 bridgehead atoms. The highest BCUT2D eigenvalue weighted by atomic mass is 35.5. The molecule has 1 aromatic heterocycles. The summed E-state index contributed by atoms with van der Waals surface area (Å²) in [5, 5.41) is 16.4. The molecule has 3 N–H and O–H groups in total. The van der Waals surface area contributed by atoms with Crippen molar-refractivity contribution >= 4 is 40.8 Å². The van der Waals surface area contributed by atoms with Crippen LogP contribution in [0.5, 0.6) is 0 Å². The number of aromatic nitrogens is 2. The molecule has 162 valence electrons. The van der Waals surface area contributed by atoms with E-state index in [2.05, 4.69) is 20.6 Å². The molecule has 2 amide bonds. The van der Waals surface area contributed by atoms with Crippen molar-refractivity contribution in [3.63, 3.8) is 0 Å². The Morgan fingerprint density at radius 3 is 2.55 bits per heavy atom. The maximum atomic E-state index is 13.5. The summed E-state index contributed by atoms with van der Waals surface area (Å²) in [6, 6.07) is 12.9. The number of nitrogens with one attached hydrogen (secondary N) is 2. The lowest BCUT2D eigenvalue weighted by Gasteiger charge is -2.27. The van der Waals surface area contributed by atoms with Crippen molar-refractivity contribution in [1.29, 1.82) is 0 Å². The number of carbonyl (C=O) groups is 1. The van der Waals surface area contributed by atoms with Crippen LogP contribution in [0.25, 0.3) is 0 Å². The van der Waals surface area contributed by atoms with Gasteiger partial charge < -0.3 is 15.7 Å². The number of halogens is 2.